The van der Waals surface area contributed by atoms with E-state index in [2.05, 4.69) is 20.6 Å². The molecule has 23 heavy (non-hydrogen) atoms. The Balaban J connectivity index is 1.45. The number of hydrogen-bond donors (Lipinski definition) is 2. The number of pyridine rings is 1. The Bertz CT molecular complexity index is 709. The van der Waals surface area contributed by atoms with Crippen molar-refractivity contribution >= 4 is 17.4 Å². The molecule has 3 heterocycles. The molecule has 2 aromatic rings. The molecule has 0 spiro atoms. The second-order valence-corrected chi connectivity index (χ2v) is 5.80. The zero-order valence-electron chi connectivity index (χ0n) is 12.8. The number of rotatable bonds is 3. The van der Waals surface area contributed by atoms with Gasteiger partial charge in [0.1, 0.15) is 5.82 Å². The minimum Gasteiger partial charge on any atom is -0.368 e. The van der Waals surface area contributed by atoms with E-state index in [1.54, 1.807) is 5.01 Å². The minimum atomic E-state index is -0.00594. The Morgan fingerprint density at radius 2 is 1.91 bits per heavy atom. The summed E-state index contributed by atoms with van der Waals surface area (Å²) in [6, 6.07) is 11.7. The standard InChI is InChI=1S/C17H19N5O/c23-17-15-4-2-1-3-13(15)12-22(17)20-16-6-5-14(11-19-16)21-9-7-18-8-10-21/h1-6,11,18H,7-10,12H2,(H,19,20). The Kier molecular flexibility index (Phi) is 3.59. The lowest BCUT2D eigenvalue weighted by Crippen LogP contribution is -2.43. The summed E-state index contributed by atoms with van der Waals surface area (Å²) in [5.74, 6) is 0.679. The van der Waals surface area contributed by atoms with Gasteiger partial charge in [-0.25, -0.2) is 9.99 Å². The number of hydrazine groups is 1. The normalized spacial score (nSPS) is 17.3. The molecule has 0 aliphatic carbocycles. The predicted octanol–water partition coefficient (Wildman–Crippen LogP) is 1.47. The van der Waals surface area contributed by atoms with E-state index < -0.39 is 0 Å². The van der Waals surface area contributed by atoms with Gasteiger partial charge in [-0.05, 0) is 23.8 Å². The first-order valence-corrected chi connectivity index (χ1v) is 7.89. The molecule has 2 N–H and O–H groups in total. The molecule has 1 aromatic carbocycles. The van der Waals surface area contributed by atoms with Crippen LogP contribution in [0.3, 0.4) is 0 Å². The molecule has 1 saturated heterocycles. The molecule has 1 amide bonds. The first kappa shape index (κ1) is 14.0. The largest absolute Gasteiger partial charge is 0.368 e. The van der Waals surface area contributed by atoms with Gasteiger partial charge in [-0.3, -0.25) is 10.2 Å². The highest BCUT2D eigenvalue weighted by molar-refractivity contribution is 5.98. The van der Waals surface area contributed by atoms with Gasteiger partial charge < -0.3 is 10.2 Å². The van der Waals surface area contributed by atoms with Crippen molar-refractivity contribution in [3.63, 3.8) is 0 Å². The van der Waals surface area contributed by atoms with Crippen molar-refractivity contribution in [2.45, 2.75) is 6.54 Å². The van der Waals surface area contributed by atoms with Crippen LogP contribution in [0, 0.1) is 0 Å². The number of nitrogens with one attached hydrogen (secondary N) is 2. The zero-order valence-corrected chi connectivity index (χ0v) is 12.8. The van der Waals surface area contributed by atoms with Crippen molar-refractivity contribution in [3.8, 4) is 0 Å². The van der Waals surface area contributed by atoms with E-state index in [0.29, 0.717) is 12.4 Å². The molecule has 2 aliphatic rings. The minimum absolute atomic E-state index is 0.00594. The third kappa shape index (κ3) is 2.73. The zero-order chi connectivity index (χ0) is 15.6. The summed E-state index contributed by atoms with van der Waals surface area (Å²) in [7, 11) is 0. The van der Waals surface area contributed by atoms with Crippen LogP contribution >= 0.6 is 0 Å². The number of carbonyl (C=O) groups excluding carboxylic acids is 1. The molecule has 0 unspecified atom stereocenters. The van der Waals surface area contributed by atoms with Crippen molar-refractivity contribution in [2.24, 2.45) is 0 Å². The van der Waals surface area contributed by atoms with E-state index in [1.165, 1.54) is 0 Å². The molecule has 0 saturated carbocycles. The number of fused-ring (bicyclic) bond motifs is 1. The number of anilines is 2. The van der Waals surface area contributed by atoms with Gasteiger partial charge in [0.25, 0.3) is 5.91 Å². The topological polar surface area (TPSA) is 60.5 Å². The fourth-order valence-corrected chi connectivity index (χ4v) is 3.05. The SMILES string of the molecule is O=C1c2ccccc2CN1Nc1ccc(N2CCNCC2)cn1. The van der Waals surface area contributed by atoms with Crippen molar-refractivity contribution in [2.75, 3.05) is 36.5 Å². The molecule has 0 atom stereocenters. The van der Waals surface area contributed by atoms with E-state index in [-0.39, 0.29) is 5.91 Å². The first-order chi connectivity index (χ1) is 11.3. The van der Waals surface area contributed by atoms with Crippen LogP contribution in [0.5, 0.6) is 0 Å². The summed E-state index contributed by atoms with van der Waals surface area (Å²) in [6.07, 6.45) is 1.86. The van der Waals surface area contributed by atoms with Crippen molar-refractivity contribution in [3.05, 3.63) is 53.7 Å². The van der Waals surface area contributed by atoms with Crippen molar-refractivity contribution < 1.29 is 4.79 Å². The van der Waals surface area contributed by atoms with Crippen LogP contribution in [0.4, 0.5) is 11.5 Å². The Labute approximate surface area is 135 Å². The number of aromatic nitrogens is 1. The summed E-state index contributed by atoms with van der Waals surface area (Å²) in [6.45, 7) is 4.56. The predicted molar refractivity (Wildman–Crippen MR) is 89.3 cm³/mol. The Morgan fingerprint density at radius 3 is 2.65 bits per heavy atom. The van der Waals surface area contributed by atoms with E-state index in [9.17, 15) is 4.79 Å². The second-order valence-electron chi connectivity index (χ2n) is 5.80. The molecule has 4 rings (SSSR count). The number of hydrogen-bond acceptors (Lipinski definition) is 5. The van der Waals surface area contributed by atoms with Crippen LogP contribution in [0.25, 0.3) is 0 Å². The molecule has 6 heteroatoms. The fraction of sp³-hybridized carbons (Fsp3) is 0.294. The van der Waals surface area contributed by atoms with Gasteiger partial charge in [-0.2, -0.15) is 0 Å². The molecule has 2 aliphatic heterocycles. The van der Waals surface area contributed by atoms with Gasteiger partial charge in [0, 0.05) is 31.7 Å². The number of nitrogens with zero attached hydrogens (tertiary/aromatic N) is 3. The molecule has 0 bridgehead atoms. The maximum atomic E-state index is 12.3. The van der Waals surface area contributed by atoms with Crippen LogP contribution < -0.4 is 15.6 Å². The smallest absolute Gasteiger partial charge is 0.272 e. The van der Waals surface area contributed by atoms with Gasteiger partial charge in [0.2, 0.25) is 0 Å². The van der Waals surface area contributed by atoms with E-state index in [1.807, 2.05) is 42.6 Å². The average Bonchev–Trinajstić information content (AvgIpc) is 2.93. The molecular weight excluding hydrogens is 290 g/mol. The summed E-state index contributed by atoms with van der Waals surface area (Å²) < 4.78 is 0. The highest BCUT2D eigenvalue weighted by Crippen LogP contribution is 2.23. The van der Waals surface area contributed by atoms with E-state index >= 15 is 0 Å². The van der Waals surface area contributed by atoms with Crippen molar-refractivity contribution in [1.29, 1.82) is 0 Å². The number of piperazine rings is 1. The Morgan fingerprint density at radius 1 is 1.09 bits per heavy atom. The molecule has 1 fully saturated rings. The van der Waals surface area contributed by atoms with Gasteiger partial charge in [-0.15, -0.1) is 0 Å². The van der Waals surface area contributed by atoms with Crippen LogP contribution in [0.2, 0.25) is 0 Å². The molecular formula is C17H19N5O. The maximum absolute atomic E-state index is 12.3. The molecule has 6 nitrogen and oxygen atoms in total. The van der Waals surface area contributed by atoms with E-state index in [4.69, 9.17) is 0 Å². The van der Waals surface area contributed by atoms with Crippen LogP contribution in [0.15, 0.2) is 42.6 Å². The number of benzene rings is 1. The Hall–Kier alpha value is -2.60. The lowest BCUT2D eigenvalue weighted by Gasteiger charge is -2.29. The summed E-state index contributed by atoms with van der Waals surface area (Å²) >= 11 is 0. The van der Waals surface area contributed by atoms with E-state index in [0.717, 1.165) is 43.0 Å². The third-order valence-electron chi connectivity index (χ3n) is 4.30. The summed E-state index contributed by atoms with van der Waals surface area (Å²) in [5.41, 5.74) is 6.03. The quantitative estimate of drug-likeness (QED) is 0.899. The molecule has 0 radical (unpaired) electrons. The van der Waals surface area contributed by atoms with Gasteiger partial charge in [0.15, 0.2) is 0 Å². The number of amides is 1. The lowest BCUT2D eigenvalue weighted by molar-refractivity contribution is 0.0814. The maximum Gasteiger partial charge on any atom is 0.272 e. The summed E-state index contributed by atoms with van der Waals surface area (Å²) in [4.78, 5) is 19.1. The fourth-order valence-electron chi connectivity index (χ4n) is 3.05. The van der Waals surface area contributed by atoms with Gasteiger partial charge in [0.05, 0.1) is 18.4 Å². The molecule has 118 valence electrons. The van der Waals surface area contributed by atoms with Crippen molar-refractivity contribution in [1.82, 2.24) is 15.3 Å². The van der Waals surface area contributed by atoms with Crippen LogP contribution in [-0.2, 0) is 6.54 Å². The van der Waals surface area contributed by atoms with Crippen LogP contribution in [-0.4, -0.2) is 42.1 Å². The van der Waals surface area contributed by atoms with Gasteiger partial charge >= 0.3 is 0 Å². The van der Waals surface area contributed by atoms with Gasteiger partial charge in [-0.1, -0.05) is 18.2 Å². The number of carbonyl (C=O) groups is 1. The monoisotopic (exact) mass is 309 g/mol. The first-order valence-electron chi connectivity index (χ1n) is 7.89. The highest BCUT2D eigenvalue weighted by Gasteiger charge is 2.27. The third-order valence-corrected chi connectivity index (χ3v) is 4.30. The molecule has 1 aromatic heterocycles. The lowest BCUT2D eigenvalue weighted by atomic mass is 10.1. The summed E-state index contributed by atoms with van der Waals surface area (Å²) in [5, 5.41) is 4.95. The highest BCUT2D eigenvalue weighted by atomic mass is 16.2. The van der Waals surface area contributed by atoms with Crippen LogP contribution in [0.1, 0.15) is 15.9 Å². The average molecular weight is 309 g/mol. The second kappa shape index (κ2) is 5.89.